The van der Waals surface area contributed by atoms with E-state index < -0.39 is 0 Å². The summed E-state index contributed by atoms with van der Waals surface area (Å²) in [4.78, 5) is 38.1. The number of hydrogen-bond donors (Lipinski definition) is 1. The zero-order valence-electron chi connectivity index (χ0n) is 13.3. The molecule has 1 fully saturated rings. The van der Waals surface area contributed by atoms with Gasteiger partial charge in [-0.3, -0.25) is 9.59 Å². The number of likely N-dealkylation sites (tertiary alicyclic amines) is 1. The van der Waals surface area contributed by atoms with Gasteiger partial charge in [-0.1, -0.05) is 0 Å². The maximum absolute atomic E-state index is 12.8. The first kappa shape index (κ1) is 15.9. The van der Waals surface area contributed by atoms with E-state index >= 15 is 0 Å². The van der Waals surface area contributed by atoms with E-state index in [1.165, 1.54) is 0 Å². The van der Waals surface area contributed by atoms with E-state index in [2.05, 4.69) is 15.0 Å². The molecule has 3 rings (SSSR count). The van der Waals surface area contributed by atoms with Crippen molar-refractivity contribution in [3.63, 3.8) is 0 Å². The highest BCUT2D eigenvalue weighted by Crippen LogP contribution is 2.32. The van der Waals surface area contributed by atoms with Gasteiger partial charge in [0.05, 0.1) is 12.5 Å². The minimum atomic E-state index is -0.217. The summed E-state index contributed by atoms with van der Waals surface area (Å²) in [5.41, 5.74) is 0.873. The lowest BCUT2D eigenvalue weighted by Crippen LogP contribution is -2.40. The van der Waals surface area contributed by atoms with E-state index in [9.17, 15) is 9.59 Å². The van der Waals surface area contributed by atoms with Crippen LogP contribution in [0.3, 0.4) is 0 Å². The number of aromatic amines is 1. The monoisotopic (exact) mass is 332 g/mol. The molecule has 1 N–H and O–H groups in total. The van der Waals surface area contributed by atoms with E-state index in [0.717, 1.165) is 30.8 Å². The van der Waals surface area contributed by atoms with Crippen LogP contribution in [0, 0.1) is 13.8 Å². The Labute approximate surface area is 138 Å². The van der Waals surface area contributed by atoms with Gasteiger partial charge in [-0.15, -0.1) is 11.3 Å². The molecule has 122 valence electrons. The number of carbonyl (C=O) groups is 1. The first-order valence-corrected chi connectivity index (χ1v) is 8.69. The van der Waals surface area contributed by atoms with Crippen molar-refractivity contribution in [3.05, 3.63) is 44.0 Å². The van der Waals surface area contributed by atoms with Gasteiger partial charge in [0.1, 0.15) is 10.8 Å². The fourth-order valence-electron chi connectivity index (χ4n) is 3.10. The van der Waals surface area contributed by atoms with Crippen molar-refractivity contribution in [2.24, 2.45) is 0 Å². The van der Waals surface area contributed by atoms with E-state index in [1.54, 1.807) is 31.4 Å². The minimum absolute atomic E-state index is 0.0239. The maximum Gasteiger partial charge on any atom is 0.254 e. The predicted molar refractivity (Wildman–Crippen MR) is 88.5 cm³/mol. The van der Waals surface area contributed by atoms with Crippen molar-refractivity contribution in [1.29, 1.82) is 0 Å². The topological polar surface area (TPSA) is 79.0 Å². The number of rotatable bonds is 3. The van der Waals surface area contributed by atoms with E-state index in [-0.39, 0.29) is 23.9 Å². The van der Waals surface area contributed by atoms with Gasteiger partial charge in [0, 0.05) is 29.4 Å². The molecule has 0 aliphatic carbocycles. The van der Waals surface area contributed by atoms with Gasteiger partial charge in [-0.25, -0.2) is 9.97 Å². The number of nitrogens with one attached hydrogen (secondary N) is 1. The molecule has 1 aliphatic heterocycles. The summed E-state index contributed by atoms with van der Waals surface area (Å²) in [6, 6.07) is 0.0362. The van der Waals surface area contributed by atoms with Crippen LogP contribution < -0.4 is 5.56 Å². The van der Waals surface area contributed by atoms with Gasteiger partial charge in [0.2, 0.25) is 5.91 Å². The molecule has 6 nitrogen and oxygen atoms in total. The summed E-state index contributed by atoms with van der Waals surface area (Å²) in [6.45, 7) is 4.24. The summed E-state index contributed by atoms with van der Waals surface area (Å²) >= 11 is 1.58. The van der Waals surface area contributed by atoms with Gasteiger partial charge < -0.3 is 9.88 Å². The van der Waals surface area contributed by atoms with Gasteiger partial charge >= 0.3 is 0 Å². The fourth-order valence-corrected chi connectivity index (χ4v) is 3.88. The molecular weight excluding hydrogens is 312 g/mol. The highest BCUT2D eigenvalue weighted by Gasteiger charge is 2.30. The third-order valence-corrected chi connectivity index (χ3v) is 5.11. The number of thiazole rings is 1. The van der Waals surface area contributed by atoms with Gasteiger partial charge in [-0.05, 0) is 33.1 Å². The first-order chi connectivity index (χ1) is 11.1. The zero-order valence-corrected chi connectivity index (χ0v) is 14.2. The van der Waals surface area contributed by atoms with Crippen molar-refractivity contribution in [3.8, 4) is 0 Å². The number of hydrogen-bond acceptors (Lipinski definition) is 5. The summed E-state index contributed by atoms with van der Waals surface area (Å²) in [6.07, 6.45) is 4.89. The van der Waals surface area contributed by atoms with Crippen LogP contribution in [0.5, 0.6) is 0 Å². The molecule has 0 aromatic carbocycles. The summed E-state index contributed by atoms with van der Waals surface area (Å²) in [5, 5.41) is 2.91. The Kier molecular flexibility index (Phi) is 4.56. The number of carbonyl (C=O) groups excluding carboxylic acids is 1. The number of aromatic nitrogens is 3. The van der Waals surface area contributed by atoms with E-state index in [1.807, 2.05) is 10.3 Å². The Morgan fingerprint density at radius 1 is 1.43 bits per heavy atom. The molecule has 1 saturated heterocycles. The molecule has 0 radical (unpaired) electrons. The van der Waals surface area contributed by atoms with Crippen LogP contribution in [0.2, 0.25) is 0 Å². The molecule has 1 amide bonds. The summed E-state index contributed by atoms with van der Waals surface area (Å²) in [5.74, 6) is 0.548. The Morgan fingerprint density at radius 3 is 2.96 bits per heavy atom. The minimum Gasteiger partial charge on any atom is -0.333 e. The lowest BCUT2D eigenvalue weighted by molar-refractivity contribution is -0.134. The number of piperidine rings is 1. The van der Waals surface area contributed by atoms with E-state index in [0.29, 0.717) is 17.1 Å². The Morgan fingerprint density at radius 2 is 2.26 bits per heavy atom. The largest absolute Gasteiger partial charge is 0.333 e. The van der Waals surface area contributed by atoms with Gasteiger partial charge in [0.15, 0.2) is 0 Å². The number of nitrogens with zero attached hydrogens (tertiary/aromatic N) is 3. The third-order valence-electron chi connectivity index (χ3n) is 4.23. The molecule has 2 aromatic rings. The zero-order chi connectivity index (χ0) is 16.4. The van der Waals surface area contributed by atoms with Crippen molar-refractivity contribution in [1.82, 2.24) is 19.9 Å². The molecular formula is C16H20N4O2S. The van der Waals surface area contributed by atoms with E-state index in [4.69, 9.17) is 0 Å². The molecule has 0 spiro atoms. The lowest BCUT2D eigenvalue weighted by atomic mass is 10.0. The quantitative estimate of drug-likeness (QED) is 0.934. The van der Waals surface area contributed by atoms with Crippen molar-refractivity contribution < 1.29 is 4.79 Å². The van der Waals surface area contributed by atoms with Gasteiger partial charge in [0.25, 0.3) is 5.56 Å². The highest BCUT2D eigenvalue weighted by molar-refractivity contribution is 7.09. The average molecular weight is 332 g/mol. The van der Waals surface area contributed by atoms with Crippen LogP contribution >= 0.6 is 11.3 Å². The molecule has 1 aliphatic rings. The molecule has 0 saturated carbocycles. The highest BCUT2D eigenvalue weighted by atomic mass is 32.1. The molecule has 2 aromatic heterocycles. The number of amides is 1. The van der Waals surface area contributed by atoms with Gasteiger partial charge in [-0.2, -0.15) is 0 Å². The van der Waals surface area contributed by atoms with Crippen LogP contribution in [0.15, 0.2) is 16.4 Å². The Bertz CT molecular complexity index is 754. The standard InChI is InChI=1S/C16H20N4O2S/c1-10-12(15(22)19-11(2)18-10)9-14(21)20-7-4-3-5-13(20)16-17-6-8-23-16/h6,8,13H,3-5,7,9H2,1-2H3,(H,18,19,22)/t13-/m1/s1. The maximum atomic E-state index is 12.8. The number of aryl methyl sites for hydroxylation is 2. The molecule has 1 atom stereocenters. The lowest BCUT2D eigenvalue weighted by Gasteiger charge is -2.34. The second-order valence-electron chi connectivity index (χ2n) is 5.86. The normalized spacial score (nSPS) is 18.2. The number of H-pyrrole nitrogens is 1. The molecule has 0 bridgehead atoms. The Hall–Kier alpha value is -2.02. The van der Waals surface area contributed by atoms with Crippen LogP contribution in [0.4, 0.5) is 0 Å². The van der Waals surface area contributed by atoms with Crippen LogP contribution in [0.1, 0.15) is 47.4 Å². The molecule has 23 heavy (non-hydrogen) atoms. The SMILES string of the molecule is Cc1nc(C)c(CC(=O)N2CCCC[C@@H]2c2nccs2)c(=O)[nH]1. The van der Waals surface area contributed by atoms with Crippen LogP contribution in [-0.2, 0) is 11.2 Å². The second-order valence-corrected chi connectivity index (χ2v) is 6.79. The van der Waals surface area contributed by atoms with Crippen molar-refractivity contribution >= 4 is 17.2 Å². The smallest absolute Gasteiger partial charge is 0.254 e. The molecule has 0 unspecified atom stereocenters. The first-order valence-electron chi connectivity index (χ1n) is 7.81. The van der Waals surface area contributed by atoms with Crippen LogP contribution in [0.25, 0.3) is 0 Å². The predicted octanol–water partition coefficient (Wildman–Crippen LogP) is 2.14. The summed E-state index contributed by atoms with van der Waals surface area (Å²) in [7, 11) is 0. The average Bonchev–Trinajstić information content (AvgIpc) is 3.05. The van der Waals surface area contributed by atoms with Crippen molar-refractivity contribution in [2.45, 2.75) is 45.6 Å². The van der Waals surface area contributed by atoms with Crippen LogP contribution in [-0.4, -0.2) is 32.3 Å². The molecule has 3 heterocycles. The molecule has 7 heteroatoms. The Balaban J connectivity index is 1.83. The third kappa shape index (κ3) is 3.34. The summed E-state index contributed by atoms with van der Waals surface area (Å²) < 4.78 is 0. The van der Waals surface area contributed by atoms with Crippen molar-refractivity contribution in [2.75, 3.05) is 6.54 Å². The second kappa shape index (κ2) is 6.62. The fraction of sp³-hybridized carbons (Fsp3) is 0.500.